The lowest BCUT2D eigenvalue weighted by molar-refractivity contribution is 0.449. The van der Waals surface area contributed by atoms with Crippen LogP contribution in [0, 0.1) is 5.92 Å². The van der Waals surface area contributed by atoms with Gasteiger partial charge < -0.3 is 5.32 Å². The van der Waals surface area contributed by atoms with E-state index in [1.807, 2.05) is 12.1 Å². The number of hydrogen-bond donors (Lipinski definition) is 1. The molecule has 0 radical (unpaired) electrons. The van der Waals surface area contributed by atoms with Crippen molar-refractivity contribution in [2.24, 2.45) is 5.92 Å². The third-order valence-corrected chi connectivity index (χ3v) is 4.01. The van der Waals surface area contributed by atoms with Crippen molar-refractivity contribution in [2.45, 2.75) is 25.8 Å². The molecule has 2 atom stereocenters. The summed E-state index contributed by atoms with van der Waals surface area (Å²) in [5.41, 5.74) is 1.23. The Hall–Kier alpha value is -0.0500. The fraction of sp³-hybridized carbons (Fsp3) is 0.500. The SMILES string of the molecule is CCC1CCNC1c1cc(Br)ccc1Cl. The second kappa shape index (κ2) is 4.86. The van der Waals surface area contributed by atoms with Crippen molar-refractivity contribution in [2.75, 3.05) is 6.54 Å². The highest BCUT2D eigenvalue weighted by Gasteiger charge is 2.28. The van der Waals surface area contributed by atoms with Crippen LogP contribution in [0.1, 0.15) is 31.4 Å². The van der Waals surface area contributed by atoms with E-state index in [-0.39, 0.29) is 0 Å². The Morgan fingerprint density at radius 3 is 3.07 bits per heavy atom. The molecule has 1 fully saturated rings. The van der Waals surface area contributed by atoms with Crippen molar-refractivity contribution >= 4 is 27.5 Å². The molecule has 3 heteroatoms. The average Bonchev–Trinajstić information content (AvgIpc) is 2.69. The fourth-order valence-electron chi connectivity index (χ4n) is 2.31. The molecule has 1 heterocycles. The Bertz CT molecular complexity index is 353. The van der Waals surface area contributed by atoms with Gasteiger partial charge in [-0.1, -0.05) is 40.9 Å². The van der Waals surface area contributed by atoms with Gasteiger partial charge in [0, 0.05) is 15.5 Å². The zero-order valence-electron chi connectivity index (χ0n) is 8.76. The monoisotopic (exact) mass is 287 g/mol. The molecule has 15 heavy (non-hydrogen) atoms. The molecule has 1 nitrogen and oxygen atoms in total. The minimum Gasteiger partial charge on any atom is -0.310 e. The number of halogens is 2. The number of benzene rings is 1. The van der Waals surface area contributed by atoms with Gasteiger partial charge in [0.25, 0.3) is 0 Å². The summed E-state index contributed by atoms with van der Waals surface area (Å²) in [6, 6.07) is 6.52. The van der Waals surface area contributed by atoms with Crippen LogP contribution >= 0.6 is 27.5 Å². The summed E-state index contributed by atoms with van der Waals surface area (Å²) in [6.07, 6.45) is 2.46. The van der Waals surface area contributed by atoms with E-state index in [9.17, 15) is 0 Å². The highest BCUT2D eigenvalue weighted by molar-refractivity contribution is 9.10. The van der Waals surface area contributed by atoms with Crippen molar-refractivity contribution in [1.82, 2.24) is 5.32 Å². The van der Waals surface area contributed by atoms with Crippen LogP contribution in [0.4, 0.5) is 0 Å². The van der Waals surface area contributed by atoms with Gasteiger partial charge in [0.2, 0.25) is 0 Å². The Kier molecular flexibility index (Phi) is 3.70. The van der Waals surface area contributed by atoms with Crippen LogP contribution in [0.5, 0.6) is 0 Å². The van der Waals surface area contributed by atoms with Crippen LogP contribution in [0.25, 0.3) is 0 Å². The molecule has 0 aromatic heterocycles. The minimum atomic E-state index is 0.431. The molecular weight excluding hydrogens is 273 g/mol. The normalized spacial score (nSPS) is 25.8. The largest absolute Gasteiger partial charge is 0.310 e. The highest BCUT2D eigenvalue weighted by Crippen LogP contribution is 2.36. The molecule has 1 aliphatic rings. The molecular formula is C12H15BrClN. The van der Waals surface area contributed by atoms with Gasteiger partial charge in [0.1, 0.15) is 0 Å². The van der Waals surface area contributed by atoms with Gasteiger partial charge in [-0.25, -0.2) is 0 Å². The van der Waals surface area contributed by atoms with Crippen LogP contribution in [0.3, 0.4) is 0 Å². The van der Waals surface area contributed by atoms with Gasteiger partial charge in [-0.05, 0) is 42.6 Å². The molecule has 0 amide bonds. The Morgan fingerprint density at radius 2 is 2.33 bits per heavy atom. The van der Waals surface area contributed by atoms with Gasteiger partial charge >= 0.3 is 0 Å². The van der Waals surface area contributed by atoms with E-state index in [1.54, 1.807) is 0 Å². The Balaban J connectivity index is 2.31. The van der Waals surface area contributed by atoms with Gasteiger partial charge in [-0.3, -0.25) is 0 Å². The molecule has 1 N–H and O–H groups in total. The van der Waals surface area contributed by atoms with Gasteiger partial charge in [-0.2, -0.15) is 0 Å². The van der Waals surface area contributed by atoms with Crippen molar-refractivity contribution in [3.63, 3.8) is 0 Å². The summed E-state index contributed by atoms with van der Waals surface area (Å²) >= 11 is 9.74. The van der Waals surface area contributed by atoms with Crippen molar-refractivity contribution < 1.29 is 0 Å². The summed E-state index contributed by atoms with van der Waals surface area (Å²) in [5.74, 6) is 0.719. The number of rotatable bonds is 2. The molecule has 1 aliphatic heterocycles. The predicted octanol–water partition coefficient (Wildman–Crippen LogP) is 4.16. The van der Waals surface area contributed by atoms with Gasteiger partial charge in [-0.15, -0.1) is 0 Å². The maximum Gasteiger partial charge on any atom is 0.0454 e. The average molecular weight is 289 g/mol. The fourth-order valence-corrected chi connectivity index (χ4v) is 2.93. The molecule has 0 bridgehead atoms. The van der Waals surface area contributed by atoms with Crippen molar-refractivity contribution in [3.05, 3.63) is 33.3 Å². The van der Waals surface area contributed by atoms with E-state index >= 15 is 0 Å². The number of hydrogen-bond acceptors (Lipinski definition) is 1. The zero-order valence-corrected chi connectivity index (χ0v) is 11.1. The molecule has 1 aromatic carbocycles. The lowest BCUT2D eigenvalue weighted by Gasteiger charge is -2.20. The molecule has 1 saturated heterocycles. The van der Waals surface area contributed by atoms with Crippen LogP contribution < -0.4 is 5.32 Å². The lowest BCUT2D eigenvalue weighted by atomic mass is 9.92. The molecule has 1 aromatic rings. The standard InChI is InChI=1S/C12H15BrClN/c1-2-8-5-6-15-12(8)10-7-9(13)3-4-11(10)14/h3-4,7-8,12,15H,2,5-6H2,1H3. The Labute approximate surface area is 104 Å². The first kappa shape index (κ1) is 11.4. The van der Waals surface area contributed by atoms with Crippen molar-refractivity contribution in [1.29, 1.82) is 0 Å². The molecule has 0 aliphatic carbocycles. The lowest BCUT2D eigenvalue weighted by Crippen LogP contribution is -2.17. The first-order valence-electron chi connectivity index (χ1n) is 5.40. The molecule has 2 unspecified atom stereocenters. The summed E-state index contributed by atoms with van der Waals surface area (Å²) < 4.78 is 1.10. The second-order valence-electron chi connectivity index (χ2n) is 4.05. The first-order valence-corrected chi connectivity index (χ1v) is 6.57. The van der Waals surface area contributed by atoms with Crippen molar-refractivity contribution in [3.8, 4) is 0 Å². The second-order valence-corrected chi connectivity index (χ2v) is 5.38. The number of nitrogens with one attached hydrogen (secondary N) is 1. The van der Waals surface area contributed by atoms with Gasteiger partial charge in [0.15, 0.2) is 0 Å². The van der Waals surface area contributed by atoms with E-state index in [4.69, 9.17) is 11.6 Å². The summed E-state index contributed by atoms with van der Waals surface area (Å²) in [7, 11) is 0. The van der Waals surface area contributed by atoms with Gasteiger partial charge in [0.05, 0.1) is 0 Å². The van der Waals surface area contributed by atoms with E-state index in [0.29, 0.717) is 6.04 Å². The van der Waals surface area contributed by atoms with Crippen LogP contribution in [0.15, 0.2) is 22.7 Å². The third-order valence-electron chi connectivity index (χ3n) is 3.17. The van der Waals surface area contributed by atoms with E-state index in [1.165, 1.54) is 18.4 Å². The molecule has 0 spiro atoms. The maximum absolute atomic E-state index is 6.24. The third kappa shape index (κ3) is 2.38. The quantitative estimate of drug-likeness (QED) is 0.861. The minimum absolute atomic E-state index is 0.431. The molecule has 0 saturated carbocycles. The first-order chi connectivity index (χ1) is 7.22. The maximum atomic E-state index is 6.24. The summed E-state index contributed by atoms with van der Waals surface area (Å²) in [4.78, 5) is 0. The smallest absolute Gasteiger partial charge is 0.0454 e. The highest BCUT2D eigenvalue weighted by atomic mass is 79.9. The van der Waals surface area contributed by atoms with Crippen LogP contribution in [-0.4, -0.2) is 6.54 Å². The molecule has 82 valence electrons. The molecule has 2 rings (SSSR count). The van der Waals surface area contributed by atoms with Crippen LogP contribution in [0.2, 0.25) is 5.02 Å². The van der Waals surface area contributed by atoms with E-state index in [0.717, 1.165) is 22.0 Å². The van der Waals surface area contributed by atoms with E-state index < -0.39 is 0 Å². The zero-order chi connectivity index (χ0) is 10.8. The van der Waals surface area contributed by atoms with E-state index in [2.05, 4.69) is 34.2 Å². The predicted molar refractivity (Wildman–Crippen MR) is 68.3 cm³/mol. The summed E-state index contributed by atoms with van der Waals surface area (Å²) in [6.45, 7) is 3.35. The Morgan fingerprint density at radius 1 is 1.53 bits per heavy atom. The topological polar surface area (TPSA) is 12.0 Å². The summed E-state index contributed by atoms with van der Waals surface area (Å²) in [5, 5.41) is 4.41. The van der Waals surface area contributed by atoms with Crippen LogP contribution in [-0.2, 0) is 0 Å².